The van der Waals surface area contributed by atoms with Gasteiger partial charge in [0.25, 0.3) is 0 Å². The van der Waals surface area contributed by atoms with Crippen LogP contribution >= 0.6 is 0 Å². The third-order valence-electron chi connectivity index (χ3n) is 4.84. The van der Waals surface area contributed by atoms with E-state index < -0.39 is 27.9 Å². The lowest BCUT2D eigenvalue weighted by Gasteiger charge is -2.26. The molecule has 3 aromatic rings. The quantitative estimate of drug-likeness (QED) is 0.518. The van der Waals surface area contributed by atoms with Gasteiger partial charge in [-0.05, 0) is 42.0 Å². The van der Waals surface area contributed by atoms with Gasteiger partial charge >= 0.3 is 5.97 Å². The summed E-state index contributed by atoms with van der Waals surface area (Å²) in [5, 5.41) is 9.80. The monoisotopic (exact) mass is 433 g/mol. The van der Waals surface area contributed by atoms with Gasteiger partial charge in [0.1, 0.15) is 17.8 Å². The molecule has 30 heavy (non-hydrogen) atoms. The number of carbonyl (C=O) groups excluding carboxylic acids is 1. The summed E-state index contributed by atoms with van der Waals surface area (Å²) >= 11 is 0. The van der Waals surface area contributed by atoms with Gasteiger partial charge in [-0.25, -0.2) is 17.8 Å². The molecule has 1 N–H and O–H groups in total. The van der Waals surface area contributed by atoms with Crippen molar-refractivity contribution in [1.29, 1.82) is 0 Å². The van der Waals surface area contributed by atoms with Crippen LogP contribution in [0.1, 0.15) is 12.0 Å². The molecule has 2 heterocycles. The standard InChI is InChI=1S/C20H20FN3O5S/c1-23(30(28,29)17-6-4-15(21)5-7-17)16(8-10-25)13-24-12-14(11-19(26)27)18-3-2-9-22-20(18)24/h2-7,9-10,12,16H,8,11,13H2,1H3,(H,26,27)/t16-/m1/s1. The second-order valence-corrected chi connectivity index (χ2v) is 8.78. The highest BCUT2D eigenvalue weighted by atomic mass is 32.2. The van der Waals surface area contributed by atoms with Gasteiger partial charge in [0.15, 0.2) is 0 Å². The fourth-order valence-corrected chi connectivity index (χ4v) is 4.64. The van der Waals surface area contributed by atoms with E-state index in [-0.39, 0.29) is 24.3 Å². The van der Waals surface area contributed by atoms with E-state index in [9.17, 15) is 22.4 Å². The van der Waals surface area contributed by atoms with Crippen LogP contribution in [0.15, 0.2) is 53.7 Å². The summed E-state index contributed by atoms with van der Waals surface area (Å²) < 4.78 is 41.8. The van der Waals surface area contributed by atoms with Crippen molar-refractivity contribution >= 4 is 33.3 Å². The Morgan fingerprint density at radius 2 is 2.00 bits per heavy atom. The first-order chi connectivity index (χ1) is 14.2. The number of nitrogens with zero attached hydrogens (tertiary/aromatic N) is 3. The molecule has 158 valence electrons. The molecule has 1 aromatic carbocycles. The number of carboxylic acids is 1. The van der Waals surface area contributed by atoms with Crippen molar-refractivity contribution in [3.63, 3.8) is 0 Å². The van der Waals surface area contributed by atoms with Crippen LogP contribution in [-0.4, -0.2) is 52.7 Å². The number of likely N-dealkylation sites (N-methyl/N-ethyl adjacent to an activating group) is 1. The minimum Gasteiger partial charge on any atom is -0.481 e. The molecule has 0 spiro atoms. The molecule has 0 aliphatic carbocycles. The molecule has 1 atom stereocenters. The molecular formula is C20H20FN3O5S. The van der Waals surface area contributed by atoms with E-state index in [1.54, 1.807) is 29.1 Å². The first kappa shape index (κ1) is 21.6. The molecule has 0 radical (unpaired) electrons. The molecule has 0 bridgehead atoms. The van der Waals surface area contributed by atoms with Crippen LogP contribution in [0.3, 0.4) is 0 Å². The Balaban J connectivity index is 1.97. The normalized spacial score (nSPS) is 12.9. The summed E-state index contributed by atoms with van der Waals surface area (Å²) in [5.41, 5.74) is 1.04. The minimum atomic E-state index is -3.98. The Morgan fingerprint density at radius 3 is 2.63 bits per heavy atom. The fraction of sp³-hybridized carbons (Fsp3) is 0.250. The third kappa shape index (κ3) is 4.39. The average Bonchev–Trinajstić information content (AvgIpc) is 3.04. The Morgan fingerprint density at radius 1 is 1.30 bits per heavy atom. The molecule has 10 heteroatoms. The van der Waals surface area contributed by atoms with Crippen LogP contribution < -0.4 is 0 Å². The number of aromatic nitrogens is 2. The lowest BCUT2D eigenvalue weighted by molar-refractivity contribution is -0.136. The molecule has 0 saturated heterocycles. The molecule has 8 nitrogen and oxygen atoms in total. The van der Waals surface area contributed by atoms with Gasteiger partial charge in [-0.2, -0.15) is 4.31 Å². The van der Waals surface area contributed by atoms with Crippen LogP contribution in [0.5, 0.6) is 0 Å². The summed E-state index contributed by atoms with van der Waals surface area (Å²) in [6.07, 6.45) is 3.49. The van der Waals surface area contributed by atoms with Gasteiger partial charge in [-0.15, -0.1) is 0 Å². The van der Waals surface area contributed by atoms with Crippen LogP contribution in [0.25, 0.3) is 11.0 Å². The number of fused-ring (bicyclic) bond motifs is 1. The van der Waals surface area contributed by atoms with E-state index in [0.717, 1.165) is 28.6 Å². The largest absolute Gasteiger partial charge is 0.481 e. The molecule has 0 saturated carbocycles. The first-order valence-electron chi connectivity index (χ1n) is 9.05. The predicted octanol–water partition coefficient (Wildman–Crippen LogP) is 2.08. The number of benzene rings is 1. The van der Waals surface area contributed by atoms with Gasteiger partial charge in [-0.3, -0.25) is 4.79 Å². The van der Waals surface area contributed by atoms with Gasteiger partial charge in [0.05, 0.1) is 11.3 Å². The number of rotatable bonds is 9. The third-order valence-corrected chi connectivity index (χ3v) is 6.76. The number of carbonyl (C=O) groups is 2. The Kier molecular flexibility index (Phi) is 6.28. The number of halogens is 1. The number of sulfonamides is 1. The van der Waals surface area contributed by atoms with Crippen molar-refractivity contribution in [3.8, 4) is 0 Å². The number of hydrogen-bond acceptors (Lipinski definition) is 5. The second kappa shape index (κ2) is 8.72. The minimum absolute atomic E-state index is 0.0856. The van der Waals surface area contributed by atoms with Crippen molar-refractivity contribution in [2.75, 3.05) is 7.05 Å². The number of aldehydes is 1. The summed E-state index contributed by atoms with van der Waals surface area (Å²) in [5.74, 6) is -1.56. The van der Waals surface area contributed by atoms with Crippen molar-refractivity contribution in [2.24, 2.45) is 0 Å². The van der Waals surface area contributed by atoms with Crippen LogP contribution in [0.2, 0.25) is 0 Å². The Bertz CT molecular complexity index is 1170. The summed E-state index contributed by atoms with van der Waals surface area (Å²) in [6, 6.07) is 7.10. The number of aliphatic carboxylic acids is 1. The van der Waals surface area contributed by atoms with Crippen molar-refractivity contribution in [2.45, 2.75) is 30.3 Å². The maximum atomic E-state index is 13.2. The molecule has 2 aromatic heterocycles. The molecule has 0 aliphatic rings. The van der Waals surface area contributed by atoms with Crippen LogP contribution in [0, 0.1) is 5.82 Å². The van der Waals surface area contributed by atoms with E-state index in [2.05, 4.69) is 4.98 Å². The van der Waals surface area contributed by atoms with E-state index in [0.29, 0.717) is 22.9 Å². The zero-order chi connectivity index (χ0) is 21.9. The lowest BCUT2D eigenvalue weighted by Crippen LogP contribution is -2.40. The summed E-state index contributed by atoms with van der Waals surface area (Å²) in [4.78, 5) is 26.6. The molecule has 0 aliphatic heterocycles. The topological polar surface area (TPSA) is 110 Å². The molecule has 0 unspecified atom stereocenters. The van der Waals surface area contributed by atoms with Crippen molar-refractivity contribution < 1.29 is 27.5 Å². The van der Waals surface area contributed by atoms with Crippen LogP contribution in [0.4, 0.5) is 4.39 Å². The molecule has 0 amide bonds. The van der Waals surface area contributed by atoms with Gasteiger partial charge in [0, 0.05) is 43.8 Å². The van der Waals surface area contributed by atoms with E-state index in [4.69, 9.17) is 5.11 Å². The number of pyridine rings is 1. The van der Waals surface area contributed by atoms with E-state index in [1.807, 2.05) is 0 Å². The van der Waals surface area contributed by atoms with Gasteiger partial charge in [-0.1, -0.05) is 0 Å². The highest BCUT2D eigenvalue weighted by Gasteiger charge is 2.29. The van der Waals surface area contributed by atoms with Crippen LogP contribution in [-0.2, 0) is 32.6 Å². The number of hydrogen-bond donors (Lipinski definition) is 1. The van der Waals surface area contributed by atoms with Gasteiger partial charge in [0.2, 0.25) is 10.0 Å². The fourth-order valence-electron chi connectivity index (χ4n) is 3.28. The molecule has 0 fully saturated rings. The van der Waals surface area contributed by atoms with E-state index >= 15 is 0 Å². The molecule has 3 rings (SSSR count). The second-order valence-electron chi connectivity index (χ2n) is 6.78. The summed E-state index contributed by atoms with van der Waals surface area (Å²) in [6.45, 7) is 0.0861. The maximum Gasteiger partial charge on any atom is 0.307 e. The molecular weight excluding hydrogens is 413 g/mol. The number of carboxylic acid groups (broad SMARTS) is 1. The van der Waals surface area contributed by atoms with Gasteiger partial charge < -0.3 is 14.5 Å². The van der Waals surface area contributed by atoms with Crippen molar-refractivity contribution in [1.82, 2.24) is 13.9 Å². The highest BCUT2D eigenvalue weighted by Crippen LogP contribution is 2.23. The Hall–Kier alpha value is -3.11. The summed E-state index contributed by atoms with van der Waals surface area (Å²) in [7, 11) is -2.63. The Labute approximate surface area is 172 Å². The maximum absolute atomic E-state index is 13.2. The zero-order valence-electron chi connectivity index (χ0n) is 16.1. The van der Waals surface area contributed by atoms with Crippen molar-refractivity contribution in [3.05, 3.63) is 60.2 Å². The smallest absolute Gasteiger partial charge is 0.307 e. The lowest BCUT2D eigenvalue weighted by atomic mass is 10.2. The van der Waals surface area contributed by atoms with E-state index in [1.165, 1.54) is 7.05 Å². The first-order valence-corrected chi connectivity index (χ1v) is 10.5. The average molecular weight is 433 g/mol. The predicted molar refractivity (Wildman–Crippen MR) is 107 cm³/mol. The zero-order valence-corrected chi connectivity index (χ0v) is 16.9. The SMILES string of the molecule is CN([C@H](CC=O)Cn1cc(CC(=O)O)c2cccnc21)S(=O)(=O)c1ccc(F)cc1. The highest BCUT2D eigenvalue weighted by molar-refractivity contribution is 7.89.